The van der Waals surface area contributed by atoms with Crippen LogP contribution in [-0.2, 0) is 9.53 Å². The minimum Gasteiger partial charge on any atom is -0.481 e. The molecule has 12 heavy (non-hydrogen) atoms. The molecular weight excluding hydrogens is 156 g/mol. The van der Waals surface area contributed by atoms with E-state index in [0.29, 0.717) is 0 Å². The molecule has 0 radical (unpaired) electrons. The normalized spacial score (nSPS) is 22.3. The van der Waals surface area contributed by atoms with Gasteiger partial charge in [-0.2, -0.15) is 0 Å². The van der Waals surface area contributed by atoms with Gasteiger partial charge in [-0.1, -0.05) is 0 Å². The zero-order valence-electron chi connectivity index (χ0n) is 7.83. The number of rotatable bonds is 4. The van der Waals surface area contributed by atoms with Gasteiger partial charge in [0.15, 0.2) is 0 Å². The van der Waals surface area contributed by atoms with Crippen molar-refractivity contribution in [2.45, 2.75) is 45.8 Å². The fraction of sp³-hybridized carbons (Fsp3) is 0.889. The molecule has 70 valence electrons. The van der Waals surface area contributed by atoms with Crippen LogP contribution in [0.25, 0.3) is 0 Å². The standard InChI is InChI=1S/C9H16O3/c1-6(2)12-7(3)9(4-5-9)8(10)11/h6-7H,4-5H2,1-3H3,(H,10,11). The first-order valence-electron chi connectivity index (χ1n) is 4.38. The quantitative estimate of drug-likeness (QED) is 0.701. The number of hydrogen-bond donors (Lipinski definition) is 1. The van der Waals surface area contributed by atoms with Crippen molar-refractivity contribution >= 4 is 5.97 Å². The van der Waals surface area contributed by atoms with Crippen LogP contribution in [0.3, 0.4) is 0 Å². The Hall–Kier alpha value is -0.570. The van der Waals surface area contributed by atoms with Gasteiger partial charge in [-0.3, -0.25) is 4.79 Å². The third-order valence-electron chi connectivity index (χ3n) is 2.47. The van der Waals surface area contributed by atoms with E-state index in [9.17, 15) is 4.79 Å². The van der Waals surface area contributed by atoms with Gasteiger partial charge < -0.3 is 9.84 Å². The van der Waals surface area contributed by atoms with Crippen molar-refractivity contribution in [1.29, 1.82) is 0 Å². The van der Waals surface area contributed by atoms with Gasteiger partial charge in [-0.15, -0.1) is 0 Å². The zero-order valence-corrected chi connectivity index (χ0v) is 7.83. The topological polar surface area (TPSA) is 46.5 Å². The van der Waals surface area contributed by atoms with E-state index < -0.39 is 11.4 Å². The second-order valence-electron chi connectivity index (χ2n) is 3.79. The van der Waals surface area contributed by atoms with Crippen LogP contribution in [0, 0.1) is 5.41 Å². The largest absolute Gasteiger partial charge is 0.481 e. The van der Waals surface area contributed by atoms with E-state index >= 15 is 0 Å². The maximum absolute atomic E-state index is 10.8. The zero-order chi connectivity index (χ0) is 9.35. The first-order chi connectivity index (χ1) is 5.49. The van der Waals surface area contributed by atoms with Gasteiger partial charge in [0.2, 0.25) is 0 Å². The summed E-state index contributed by atoms with van der Waals surface area (Å²) in [5, 5.41) is 8.91. The highest BCUT2D eigenvalue weighted by molar-refractivity contribution is 5.78. The summed E-state index contributed by atoms with van der Waals surface area (Å²) in [5.41, 5.74) is -0.565. The van der Waals surface area contributed by atoms with Gasteiger partial charge >= 0.3 is 5.97 Å². The molecule has 0 aliphatic heterocycles. The summed E-state index contributed by atoms with van der Waals surface area (Å²) >= 11 is 0. The monoisotopic (exact) mass is 172 g/mol. The Morgan fingerprint density at radius 1 is 1.42 bits per heavy atom. The molecule has 3 heteroatoms. The molecule has 1 N–H and O–H groups in total. The number of aliphatic carboxylic acids is 1. The van der Waals surface area contributed by atoms with Crippen molar-refractivity contribution in [3.8, 4) is 0 Å². The van der Waals surface area contributed by atoms with E-state index in [0.717, 1.165) is 12.8 Å². The summed E-state index contributed by atoms with van der Waals surface area (Å²) in [5.74, 6) is -0.712. The van der Waals surface area contributed by atoms with Crippen molar-refractivity contribution in [1.82, 2.24) is 0 Å². The molecule has 3 nitrogen and oxygen atoms in total. The Labute approximate surface area is 72.7 Å². The summed E-state index contributed by atoms with van der Waals surface area (Å²) in [7, 11) is 0. The second kappa shape index (κ2) is 3.05. The Balaban J connectivity index is 2.52. The molecule has 0 aromatic carbocycles. The van der Waals surface area contributed by atoms with Crippen LogP contribution in [0.1, 0.15) is 33.6 Å². The average molecular weight is 172 g/mol. The lowest BCUT2D eigenvalue weighted by Gasteiger charge is -2.21. The van der Waals surface area contributed by atoms with Gasteiger partial charge in [-0.05, 0) is 33.6 Å². The molecule has 1 unspecified atom stereocenters. The lowest BCUT2D eigenvalue weighted by molar-refractivity contribution is -0.151. The average Bonchev–Trinajstić information content (AvgIpc) is 2.63. The molecule has 1 rings (SSSR count). The van der Waals surface area contributed by atoms with E-state index in [4.69, 9.17) is 9.84 Å². The molecule has 0 saturated heterocycles. The first kappa shape index (κ1) is 9.52. The van der Waals surface area contributed by atoms with Crippen LogP contribution in [0.5, 0.6) is 0 Å². The van der Waals surface area contributed by atoms with E-state index in [2.05, 4.69) is 0 Å². The highest BCUT2D eigenvalue weighted by Crippen LogP contribution is 2.50. The van der Waals surface area contributed by atoms with Crippen LogP contribution >= 0.6 is 0 Å². The predicted octanol–water partition coefficient (Wildman–Crippen LogP) is 1.66. The number of carboxylic acids is 1. The van der Waals surface area contributed by atoms with Crippen molar-refractivity contribution in [2.75, 3.05) is 0 Å². The molecular formula is C9H16O3. The van der Waals surface area contributed by atoms with Crippen molar-refractivity contribution < 1.29 is 14.6 Å². The second-order valence-corrected chi connectivity index (χ2v) is 3.79. The maximum Gasteiger partial charge on any atom is 0.312 e. The minimum atomic E-state index is -0.712. The van der Waals surface area contributed by atoms with E-state index in [-0.39, 0.29) is 12.2 Å². The van der Waals surface area contributed by atoms with Crippen molar-refractivity contribution in [3.63, 3.8) is 0 Å². The van der Waals surface area contributed by atoms with Crippen LogP contribution in [-0.4, -0.2) is 23.3 Å². The minimum absolute atomic E-state index is 0.108. The smallest absolute Gasteiger partial charge is 0.312 e. The fourth-order valence-corrected chi connectivity index (χ4v) is 1.47. The summed E-state index contributed by atoms with van der Waals surface area (Å²) in [6.45, 7) is 5.70. The number of carboxylic acid groups (broad SMARTS) is 1. The van der Waals surface area contributed by atoms with Crippen LogP contribution in [0.4, 0.5) is 0 Å². The van der Waals surface area contributed by atoms with Crippen LogP contribution in [0.15, 0.2) is 0 Å². The summed E-state index contributed by atoms with van der Waals surface area (Å²) in [6, 6.07) is 0. The summed E-state index contributed by atoms with van der Waals surface area (Å²) in [4.78, 5) is 10.8. The highest BCUT2D eigenvalue weighted by atomic mass is 16.5. The van der Waals surface area contributed by atoms with E-state index in [1.165, 1.54) is 0 Å². The Bertz CT molecular complexity index is 182. The number of hydrogen-bond acceptors (Lipinski definition) is 2. The van der Waals surface area contributed by atoms with Crippen LogP contribution in [0.2, 0.25) is 0 Å². The van der Waals surface area contributed by atoms with E-state index in [1.807, 2.05) is 20.8 Å². The molecule has 1 fully saturated rings. The molecule has 0 aromatic heterocycles. The molecule has 1 saturated carbocycles. The Morgan fingerprint density at radius 3 is 2.17 bits per heavy atom. The molecule has 1 aliphatic rings. The van der Waals surface area contributed by atoms with Crippen molar-refractivity contribution in [2.24, 2.45) is 5.41 Å². The lowest BCUT2D eigenvalue weighted by Crippen LogP contribution is -2.31. The Kier molecular flexibility index (Phi) is 2.42. The van der Waals surface area contributed by atoms with Gasteiger partial charge in [-0.25, -0.2) is 0 Å². The molecule has 0 bridgehead atoms. The summed E-state index contributed by atoms with van der Waals surface area (Å²) < 4.78 is 5.46. The fourth-order valence-electron chi connectivity index (χ4n) is 1.47. The highest BCUT2D eigenvalue weighted by Gasteiger charge is 2.55. The number of ether oxygens (including phenoxy) is 1. The molecule has 0 amide bonds. The van der Waals surface area contributed by atoms with Crippen molar-refractivity contribution in [3.05, 3.63) is 0 Å². The molecule has 1 aliphatic carbocycles. The maximum atomic E-state index is 10.8. The molecule has 0 aromatic rings. The van der Waals surface area contributed by atoms with Crippen LogP contribution < -0.4 is 0 Å². The van der Waals surface area contributed by atoms with E-state index in [1.54, 1.807) is 0 Å². The molecule has 1 atom stereocenters. The SMILES string of the molecule is CC(C)OC(C)C1(C(=O)O)CC1. The van der Waals surface area contributed by atoms with Gasteiger partial charge in [0, 0.05) is 0 Å². The number of carbonyl (C=O) groups is 1. The van der Waals surface area contributed by atoms with Gasteiger partial charge in [0.05, 0.1) is 17.6 Å². The lowest BCUT2D eigenvalue weighted by atomic mass is 10.0. The third-order valence-corrected chi connectivity index (χ3v) is 2.47. The third kappa shape index (κ3) is 1.61. The first-order valence-corrected chi connectivity index (χ1v) is 4.38. The summed E-state index contributed by atoms with van der Waals surface area (Å²) in [6.07, 6.45) is 1.47. The molecule has 0 heterocycles. The predicted molar refractivity (Wildman–Crippen MR) is 45.0 cm³/mol. The Morgan fingerprint density at radius 2 is 1.92 bits per heavy atom. The molecule has 0 spiro atoms. The van der Waals surface area contributed by atoms with Gasteiger partial charge in [0.25, 0.3) is 0 Å². The van der Waals surface area contributed by atoms with Gasteiger partial charge in [0.1, 0.15) is 0 Å².